The molecular formula is C9H12FIN2O. The average Bonchev–Trinajstić information content (AvgIpc) is 2.14. The van der Waals surface area contributed by atoms with Crippen LogP contribution in [0.3, 0.4) is 0 Å². The number of nitrogens with two attached hydrogens (primary N) is 1. The van der Waals surface area contributed by atoms with E-state index in [2.05, 4.69) is 5.32 Å². The molecule has 0 heterocycles. The molecule has 5 heteroatoms. The number of hydrogen-bond donors (Lipinski definition) is 3. The summed E-state index contributed by atoms with van der Waals surface area (Å²) in [6.07, 6.45) is 0.618. The van der Waals surface area contributed by atoms with E-state index in [1.807, 2.05) is 22.6 Å². The Morgan fingerprint density at radius 3 is 2.86 bits per heavy atom. The summed E-state index contributed by atoms with van der Waals surface area (Å²) < 4.78 is 13.6. The molecule has 4 N–H and O–H groups in total. The van der Waals surface area contributed by atoms with Gasteiger partial charge in [-0.1, -0.05) is 0 Å². The number of nitrogen functional groups attached to an aromatic ring is 1. The summed E-state index contributed by atoms with van der Waals surface area (Å²) >= 11 is 1.89. The Labute approximate surface area is 95.6 Å². The van der Waals surface area contributed by atoms with Gasteiger partial charge in [0.25, 0.3) is 0 Å². The van der Waals surface area contributed by atoms with Gasteiger partial charge < -0.3 is 16.2 Å². The smallest absolute Gasteiger partial charge is 0.138 e. The Balaban J connectivity index is 2.72. The molecule has 0 spiro atoms. The lowest BCUT2D eigenvalue weighted by Crippen LogP contribution is -2.06. The Morgan fingerprint density at radius 2 is 2.21 bits per heavy atom. The van der Waals surface area contributed by atoms with Crippen LogP contribution in [0.15, 0.2) is 12.1 Å². The molecule has 0 unspecified atom stereocenters. The fourth-order valence-corrected chi connectivity index (χ4v) is 1.51. The quantitative estimate of drug-likeness (QED) is 0.452. The average molecular weight is 310 g/mol. The molecule has 0 saturated carbocycles. The van der Waals surface area contributed by atoms with Crippen molar-refractivity contribution >= 4 is 34.0 Å². The predicted octanol–water partition coefficient (Wildman–Crippen LogP) is 1.81. The second kappa shape index (κ2) is 5.35. The van der Waals surface area contributed by atoms with Gasteiger partial charge in [0.2, 0.25) is 0 Å². The molecule has 0 saturated heterocycles. The number of rotatable bonds is 4. The normalized spacial score (nSPS) is 10.2. The highest BCUT2D eigenvalue weighted by molar-refractivity contribution is 14.1. The highest BCUT2D eigenvalue weighted by Gasteiger charge is 2.04. The maximum atomic E-state index is 13.1. The van der Waals surface area contributed by atoms with Crippen molar-refractivity contribution in [3.63, 3.8) is 0 Å². The van der Waals surface area contributed by atoms with E-state index in [1.165, 1.54) is 6.07 Å². The maximum Gasteiger partial charge on any atom is 0.138 e. The first kappa shape index (κ1) is 11.5. The van der Waals surface area contributed by atoms with Gasteiger partial charge in [-0.2, -0.15) is 0 Å². The van der Waals surface area contributed by atoms with Gasteiger partial charge >= 0.3 is 0 Å². The SMILES string of the molecule is Nc1cc(I)c(F)cc1NCCCO. The van der Waals surface area contributed by atoms with Crippen molar-refractivity contribution in [3.05, 3.63) is 21.5 Å². The molecule has 1 rings (SSSR count). The summed E-state index contributed by atoms with van der Waals surface area (Å²) in [5.41, 5.74) is 6.78. The number of aliphatic hydroxyl groups is 1. The Kier molecular flexibility index (Phi) is 4.40. The fraction of sp³-hybridized carbons (Fsp3) is 0.333. The third-order valence-electron chi connectivity index (χ3n) is 1.74. The van der Waals surface area contributed by atoms with Crippen LogP contribution in [-0.2, 0) is 0 Å². The zero-order chi connectivity index (χ0) is 10.6. The lowest BCUT2D eigenvalue weighted by atomic mass is 10.2. The van der Waals surface area contributed by atoms with Crippen LogP contribution in [0.2, 0.25) is 0 Å². The van der Waals surface area contributed by atoms with Gasteiger partial charge in [0, 0.05) is 19.2 Å². The molecule has 0 atom stereocenters. The third kappa shape index (κ3) is 2.98. The zero-order valence-corrected chi connectivity index (χ0v) is 9.71. The molecule has 0 radical (unpaired) electrons. The Morgan fingerprint density at radius 1 is 1.50 bits per heavy atom. The molecular weight excluding hydrogens is 298 g/mol. The molecule has 1 aromatic rings. The molecule has 0 aliphatic heterocycles. The molecule has 3 nitrogen and oxygen atoms in total. The first-order chi connectivity index (χ1) is 6.65. The second-order valence-corrected chi connectivity index (χ2v) is 4.02. The molecule has 0 aliphatic carbocycles. The van der Waals surface area contributed by atoms with Crippen LogP contribution in [0.1, 0.15) is 6.42 Å². The Bertz CT molecular complexity index is 320. The van der Waals surface area contributed by atoms with Gasteiger partial charge in [-0.3, -0.25) is 0 Å². The van der Waals surface area contributed by atoms with E-state index in [-0.39, 0.29) is 12.4 Å². The molecule has 0 fully saturated rings. The van der Waals surface area contributed by atoms with E-state index in [0.29, 0.717) is 27.9 Å². The number of benzene rings is 1. The lowest BCUT2D eigenvalue weighted by Gasteiger charge is -2.09. The van der Waals surface area contributed by atoms with Gasteiger partial charge in [-0.25, -0.2) is 4.39 Å². The summed E-state index contributed by atoms with van der Waals surface area (Å²) in [6, 6.07) is 2.95. The van der Waals surface area contributed by atoms with Crippen LogP contribution in [0.4, 0.5) is 15.8 Å². The van der Waals surface area contributed by atoms with E-state index in [9.17, 15) is 4.39 Å². The van der Waals surface area contributed by atoms with E-state index in [1.54, 1.807) is 6.07 Å². The van der Waals surface area contributed by atoms with Crippen LogP contribution in [0.5, 0.6) is 0 Å². The predicted molar refractivity (Wildman–Crippen MR) is 63.7 cm³/mol. The van der Waals surface area contributed by atoms with Crippen molar-refractivity contribution in [2.75, 3.05) is 24.2 Å². The van der Waals surface area contributed by atoms with Gasteiger partial charge in [-0.15, -0.1) is 0 Å². The van der Waals surface area contributed by atoms with Crippen molar-refractivity contribution in [1.82, 2.24) is 0 Å². The number of aliphatic hydroxyl groups excluding tert-OH is 1. The summed E-state index contributed by atoms with van der Waals surface area (Å²) in [4.78, 5) is 0. The molecule has 14 heavy (non-hydrogen) atoms. The minimum Gasteiger partial charge on any atom is -0.397 e. The summed E-state index contributed by atoms with van der Waals surface area (Å²) in [6.45, 7) is 0.695. The number of halogens is 2. The van der Waals surface area contributed by atoms with Crippen LogP contribution in [-0.4, -0.2) is 18.3 Å². The van der Waals surface area contributed by atoms with Crippen molar-refractivity contribution in [3.8, 4) is 0 Å². The fourth-order valence-electron chi connectivity index (χ4n) is 1.02. The molecule has 1 aromatic carbocycles. The highest BCUT2D eigenvalue weighted by atomic mass is 127. The number of anilines is 2. The molecule has 0 aliphatic rings. The first-order valence-electron chi connectivity index (χ1n) is 4.24. The number of hydrogen-bond acceptors (Lipinski definition) is 3. The minimum absolute atomic E-state index is 0.111. The highest BCUT2D eigenvalue weighted by Crippen LogP contribution is 2.23. The van der Waals surface area contributed by atoms with Gasteiger partial charge in [0.1, 0.15) is 5.82 Å². The van der Waals surface area contributed by atoms with E-state index >= 15 is 0 Å². The molecule has 78 valence electrons. The van der Waals surface area contributed by atoms with Crippen molar-refractivity contribution in [2.45, 2.75) is 6.42 Å². The monoisotopic (exact) mass is 310 g/mol. The van der Waals surface area contributed by atoms with E-state index < -0.39 is 0 Å². The topological polar surface area (TPSA) is 58.3 Å². The van der Waals surface area contributed by atoms with Gasteiger partial charge in [0.15, 0.2) is 0 Å². The molecule has 0 aromatic heterocycles. The lowest BCUT2D eigenvalue weighted by molar-refractivity contribution is 0.292. The van der Waals surface area contributed by atoms with Crippen LogP contribution < -0.4 is 11.1 Å². The van der Waals surface area contributed by atoms with Crippen LogP contribution >= 0.6 is 22.6 Å². The first-order valence-corrected chi connectivity index (χ1v) is 5.32. The van der Waals surface area contributed by atoms with Crippen molar-refractivity contribution in [2.24, 2.45) is 0 Å². The zero-order valence-electron chi connectivity index (χ0n) is 7.56. The van der Waals surface area contributed by atoms with E-state index in [4.69, 9.17) is 10.8 Å². The van der Waals surface area contributed by atoms with Gasteiger partial charge in [0.05, 0.1) is 14.9 Å². The van der Waals surface area contributed by atoms with Crippen molar-refractivity contribution in [1.29, 1.82) is 0 Å². The Hall–Kier alpha value is -0.560. The second-order valence-electron chi connectivity index (χ2n) is 2.86. The summed E-state index contributed by atoms with van der Waals surface area (Å²) in [5, 5.41) is 11.5. The van der Waals surface area contributed by atoms with Crippen LogP contribution in [0, 0.1) is 9.39 Å². The van der Waals surface area contributed by atoms with E-state index in [0.717, 1.165) is 0 Å². The number of nitrogens with one attached hydrogen (secondary N) is 1. The minimum atomic E-state index is -0.286. The standard InChI is InChI=1S/C9H12FIN2O/c10-6-4-9(13-2-1-3-14)8(12)5-7(6)11/h4-5,13-14H,1-3,12H2. The summed E-state index contributed by atoms with van der Waals surface area (Å²) in [5.74, 6) is -0.286. The summed E-state index contributed by atoms with van der Waals surface area (Å²) in [7, 11) is 0. The molecule has 0 bridgehead atoms. The largest absolute Gasteiger partial charge is 0.397 e. The van der Waals surface area contributed by atoms with Crippen LogP contribution in [0.25, 0.3) is 0 Å². The third-order valence-corrected chi connectivity index (χ3v) is 2.57. The maximum absolute atomic E-state index is 13.1. The molecule has 0 amide bonds. The van der Waals surface area contributed by atoms with Crippen molar-refractivity contribution < 1.29 is 9.50 Å². The van der Waals surface area contributed by atoms with Gasteiger partial charge in [-0.05, 0) is 35.1 Å².